The molecule has 4 unspecified atom stereocenters. The normalized spacial score (nSPS) is 25.0. The Morgan fingerprint density at radius 2 is 2.06 bits per heavy atom. The second-order valence-corrected chi connectivity index (χ2v) is 11.4. The van der Waals surface area contributed by atoms with E-state index in [1.54, 1.807) is 19.1 Å². The molecule has 2 saturated heterocycles. The highest BCUT2D eigenvalue weighted by atomic mass is 35.5. The molecule has 2 fully saturated rings. The first-order chi connectivity index (χ1) is 15.6. The molecule has 2 aliphatic heterocycles. The minimum absolute atomic E-state index is 0.0988. The molecule has 184 valence electrons. The maximum atomic E-state index is 13.0. The summed E-state index contributed by atoms with van der Waals surface area (Å²) >= 11 is 11.9. The standard InChI is InChI=1S/C21H31Cl2N5O4S/c1-13-6-7-16(26-19(29)12-28-21(30)20(23)17(22)11-25-28)10-18(13)33(31,32)27-14(2)9-15-5-3-4-8-24-15/h6-7,10,14-15,17,20,24-25,27H,3-5,8-9,11-12H2,1-2H3,(H,26,29). The van der Waals surface area contributed by atoms with Crippen molar-refractivity contribution >= 4 is 50.7 Å². The largest absolute Gasteiger partial charge is 0.324 e. The molecule has 12 heteroatoms. The van der Waals surface area contributed by atoms with Crippen LogP contribution >= 0.6 is 23.2 Å². The Morgan fingerprint density at radius 1 is 1.30 bits per heavy atom. The predicted molar refractivity (Wildman–Crippen MR) is 129 cm³/mol. The van der Waals surface area contributed by atoms with Crippen LogP contribution in [0.15, 0.2) is 23.1 Å². The van der Waals surface area contributed by atoms with Gasteiger partial charge in [0.2, 0.25) is 15.9 Å². The number of aryl methyl sites for hydroxylation is 1. The highest BCUT2D eigenvalue weighted by molar-refractivity contribution is 7.89. The van der Waals surface area contributed by atoms with Crippen molar-refractivity contribution in [3.05, 3.63) is 23.8 Å². The molecule has 0 aromatic heterocycles. The van der Waals surface area contributed by atoms with Crippen LogP contribution in [0.2, 0.25) is 0 Å². The number of piperidine rings is 1. The Hall–Kier alpha value is -1.43. The van der Waals surface area contributed by atoms with E-state index in [2.05, 4.69) is 20.8 Å². The number of carbonyl (C=O) groups excluding carboxylic acids is 2. The SMILES string of the molecule is Cc1ccc(NC(=O)CN2NCC(Cl)C(Cl)C2=O)cc1S(=O)(=O)NC(C)CC1CCCCN1. The lowest BCUT2D eigenvalue weighted by Crippen LogP contribution is -2.58. The van der Waals surface area contributed by atoms with Gasteiger partial charge in [-0.15, -0.1) is 23.2 Å². The molecule has 3 rings (SSSR count). The molecular formula is C21H31Cl2N5O4S. The summed E-state index contributed by atoms with van der Waals surface area (Å²) in [5.41, 5.74) is 3.64. The van der Waals surface area contributed by atoms with Crippen LogP contribution in [0.1, 0.15) is 38.2 Å². The summed E-state index contributed by atoms with van der Waals surface area (Å²) in [6, 6.07) is 4.73. The average Bonchev–Trinajstić information content (AvgIpc) is 2.75. The van der Waals surface area contributed by atoms with E-state index in [1.165, 1.54) is 6.07 Å². The van der Waals surface area contributed by atoms with E-state index < -0.39 is 32.6 Å². The van der Waals surface area contributed by atoms with Crippen LogP contribution in [-0.2, 0) is 19.6 Å². The molecule has 0 spiro atoms. The lowest BCUT2D eigenvalue weighted by Gasteiger charge is -2.32. The zero-order valence-corrected chi connectivity index (χ0v) is 21.1. The van der Waals surface area contributed by atoms with E-state index in [-0.39, 0.29) is 24.0 Å². The van der Waals surface area contributed by atoms with Crippen LogP contribution in [0.3, 0.4) is 0 Å². The third-order valence-corrected chi connectivity index (χ3v) is 8.52. The van der Waals surface area contributed by atoms with E-state index in [1.807, 2.05) is 6.92 Å². The number of hydrogen-bond acceptors (Lipinski definition) is 6. The fourth-order valence-corrected chi connectivity index (χ4v) is 5.97. The van der Waals surface area contributed by atoms with Gasteiger partial charge < -0.3 is 10.6 Å². The van der Waals surface area contributed by atoms with Crippen molar-refractivity contribution in [2.24, 2.45) is 0 Å². The summed E-state index contributed by atoms with van der Waals surface area (Å²) < 4.78 is 28.8. The quantitative estimate of drug-likeness (QED) is 0.388. The van der Waals surface area contributed by atoms with Crippen LogP contribution in [0.5, 0.6) is 0 Å². The molecule has 0 saturated carbocycles. The Balaban J connectivity index is 1.63. The summed E-state index contributed by atoms with van der Waals surface area (Å²) in [6.45, 7) is 4.48. The summed E-state index contributed by atoms with van der Waals surface area (Å²) in [6.07, 6.45) is 4.04. The highest BCUT2D eigenvalue weighted by Gasteiger charge is 2.35. The molecule has 2 amide bonds. The number of amides is 2. The van der Waals surface area contributed by atoms with Gasteiger partial charge in [-0.05, 0) is 57.4 Å². The lowest BCUT2D eigenvalue weighted by atomic mass is 9.99. The van der Waals surface area contributed by atoms with Crippen LogP contribution in [0.25, 0.3) is 0 Å². The van der Waals surface area contributed by atoms with Crippen LogP contribution < -0.4 is 20.8 Å². The van der Waals surface area contributed by atoms with Gasteiger partial charge in [0.15, 0.2) is 0 Å². The van der Waals surface area contributed by atoms with Gasteiger partial charge >= 0.3 is 0 Å². The van der Waals surface area contributed by atoms with Gasteiger partial charge in [-0.1, -0.05) is 12.5 Å². The van der Waals surface area contributed by atoms with Crippen molar-refractivity contribution in [3.63, 3.8) is 0 Å². The molecule has 33 heavy (non-hydrogen) atoms. The van der Waals surface area contributed by atoms with Gasteiger partial charge in [0.1, 0.15) is 11.9 Å². The summed E-state index contributed by atoms with van der Waals surface area (Å²) in [7, 11) is -3.79. The monoisotopic (exact) mass is 519 g/mol. The van der Waals surface area contributed by atoms with Crippen molar-refractivity contribution in [1.29, 1.82) is 0 Å². The van der Waals surface area contributed by atoms with E-state index in [0.29, 0.717) is 23.7 Å². The summed E-state index contributed by atoms with van der Waals surface area (Å²) in [5, 5.41) is 5.70. The van der Waals surface area contributed by atoms with Gasteiger partial charge in [0.25, 0.3) is 5.91 Å². The topological polar surface area (TPSA) is 120 Å². The molecular weight excluding hydrogens is 489 g/mol. The number of alkyl halides is 2. The van der Waals surface area contributed by atoms with Gasteiger partial charge in [0.05, 0.1) is 10.3 Å². The summed E-state index contributed by atoms with van der Waals surface area (Å²) in [5.74, 6) is -0.986. The van der Waals surface area contributed by atoms with Crippen molar-refractivity contribution < 1.29 is 18.0 Å². The predicted octanol–water partition coefficient (Wildman–Crippen LogP) is 1.69. The first kappa shape index (κ1) is 26.2. The number of hydrazine groups is 1. The van der Waals surface area contributed by atoms with Crippen LogP contribution in [0.4, 0.5) is 5.69 Å². The minimum atomic E-state index is -3.79. The van der Waals surface area contributed by atoms with Crippen molar-refractivity contribution in [2.45, 2.75) is 67.3 Å². The Morgan fingerprint density at radius 3 is 2.76 bits per heavy atom. The lowest BCUT2D eigenvalue weighted by molar-refractivity contribution is -0.139. The Kier molecular flexibility index (Phi) is 8.99. The number of anilines is 1. The molecule has 4 atom stereocenters. The third kappa shape index (κ3) is 7.03. The number of halogens is 2. The number of nitrogens with one attached hydrogen (secondary N) is 4. The smallest absolute Gasteiger partial charge is 0.256 e. The number of hydrogen-bond donors (Lipinski definition) is 4. The van der Waals surface area contributed by atoms with E-state index >= 15 is 0 Å². The number of sulfonamides is 1. The average molecular weight is 520 g/mol. The number of carbonyl (C=O) groups is 2. The summed E-state index contributed by atoms with van der Waals surface area (Å²) in [4.78, 5) is 24.7. The first-order valence-electron chi connectivity index (χ1n) is 11.1. The Labute approximate surface area is 205 Å². The molecule has 2 aliphatic rings. The highest BCUT2D eigenvalue weighted by Crippen LogP contribution is 2.22. The fraction of sp³-hybridized carbons (Fsp3) is 0.619. The zero-order chi connectivity index (χ0) is 24.2. The number of rotatable bonds is 8. The van der Waals surface area contributed by atoms with Crippen molar-refractivity contribution in [1.82, 2.24) is 20.5 Å². The van der Waals surface area contributed by atoms with Gasteiger partial charge in [-0.3, -0.25) is 14.6 Å². The number of nitrogens with zero attached hydrogens (tertiary/aromatic N) is 1. The molecule has 2 heterocycles. The third-order valence-electron chi connectivity index (χ3n) is 5.77. The molecule has 0 radical (unpaired) electrons. The van der Waals surface area contributed by atoms with E-state index in [0.717, 1.165) is 30.8 Å². The molecule has 0 bridgehead atoms. The zero-order valence-electron chi connectivity index (χ0n) is 18.7. The van der Waals surface area contributed by atoms with Gasteiger partial charge in [-0.25, -0.2) is 18.6 Å². The van der Waals surface area contributed by atoms with Crippen LogP contribution in [0, 0.1) is 6.92 Å². The van der Waals surface area contributed by atoms with E-state index in [9.17, 15) is 18.0 Å². The Bertz CT molecular complexity index is 971. The molecule has 0 aliphatic carbocycles. The maximum Gasteiger partial charge on any atom is 0.256 e. The van der Waals surface area contributed by atoms with Crippen molar-refractivity contribution in [2.75, 3.05) is 25.0 Å². The second-order valence-electron chi connectivity index (χ2n) is 8.64. The molecule has 9 nitrogen and oxygen atoms in total. The maximum absolute atomic E-state index is 13.0. The van der Waals surface area contributed by atoms with Crippen LogP contribution in [-0.4, -0.2) is 67.7 Å². The molecule has 1 aromatic rings. The van der Waals surface area contributed by atoms with Gasteiger partial charge in [0, 0.05) is 24.3 Å². The second kappa shape index (κ2) is 11.3. The van der Waals surface area contributed by atoms with Gasteiger partial charge in [-0.2, -0.15) is 0 Å². The van der Waals surface area contributed by atoms with Crippen molar-refractivity contribution in [3.8, 4) is 0 Å². The molecule has 1 aromatic carbocycles. The molecule has 4 N–H and O–H groups in total. The first-order valence-corrected chi connectivity index (χ1v) is 13.4. The minimum Gasteiger partial charge on any atom is -0.324 e. The number of benzene rings is 1. The van der Waals surface area contributed by atoms with E-state index in [4.69, 9.17) is 23.2 Å². The fourth-order valence-electron chi connectivity index (χ4n) is 4.06.